The van der Waals surface area contributed by atoms with Gasteiger partial charge in [-0.25, -0.2) is 0 Å². The molecular formula is C22H21NO. The van der Waals surface area contributed by atoms with Gasteiger partial charge in [-0.1, -0.05) is 19.9 Å². The molecule has 0 saturated carbocycles. The third kappa shape index (κ3) is 2.39. The highest BCUT2D eigenvalue weighted by atomic mass is 16.3. The molecule has 0 unspecified atom stereocenters. The minimum atomic E-state index is 0.502. The fourth-order valence-electron chi connectivity index (χ4n) is 3.27. The molecule has 0 bridgehead atoms. The Hall–Kier alpha value is -2.61. The Labute approximate surface area is 142 Å². The zero-order valence-corrected chi connectivity index (χ0v) is 14.6. The highest BCUT2D eigenvalue weighted by Gasteiger charge is 2.15. The summed E-state index contributed by atoms with van der Waals surface area (Å²) in [5.41, 5.74) is 7.65. The minimum absolute atomic E-state index is 0.502. The molecule has 0 aliphatic rings. The van der Waals surface area contributed by atoms with Crippen molar-refractivity contribution in [2.45, 2.75) is 33.6 Å². The van der Waals surface area contributed by atoms with Gasteiger partial charge < -0.3 is 4.42 Å². The van der Waals surface area contributed by atoms with Gasteiger partial charge in [0, 0.05) is 22.5 Å². The Balaban J connectivity index is 2.07. The smallest absolute Gasteiger partial charge is 0.144 e. The van der Waals surface area contributed by atoms with Gasteiger partial charge in [0.2, 0.25) is 0 Å². The third-order valence-electron chi connectivity index (χ3n) is 4.60. The number of aryl methyl sites for hydroxylation is 2. The minimum Gasteiger partial charge on any atom is -0.455 e. The van der Waals surface area contributed by atoms with Gasteiger partial charge in [0.25, 0.3) is 0 Å². The Morgan fingerprint density at radius 2 is 1.71 bits per heavy atom. The number of benzene rings is 2. The molecule has 4 rings (SSSR count). The van der Waals surface area contributed by atoms with E-state index >= 15 is 0 Å². The van der Waals surface area contributed by atoms with Crippen LogP contribution < -0.4 is 0 Å². The zero-order chi connectivity index (χ0) is 16.8. The molecule has 0 aliphatic heterocycles. The number of nitrogens with zero attached hydrogens (tertiary/aromatic N) is 1. The molecule has 2 heteroatoms. The van der Waals surface area contributed by atoms with E-state index in [1.54, 1.807) is 0 Å². The van der Waals surface area contributed by atoms with Gasteiger partial charge in [0.1, 0.15) is 11.2 Å². The average molecular weight is 315 g/mol. The third-order valence-corrected chi connectivity index (χ3v) is 4.60. The normalized spacial score (nSPS) is 11.7. The first kappa shape index (κ1) is 14.9. The Morgan fingerprint density at radius 3 is 2.46 bits per heavy atom. The summed E-state index contributed by atoms with van der Waals surface area (Å²) in [4.78, 5) is 4.56. The first-order valence-electron chi connectivity index (χ1n) is 8.43. The van der Waals surface area contributed by atoms with E-state index in [9.17, 15) is 0 Å². The predicted octanol–water partition coefficient (Wildman–Crippen LogP) is 6.39. The number of pyridine rings is 1. The number of fused-ring (bicyclic) bond motifs is 3. The zero-order valence-electron chi connectivity index (χ0n) is 14.6. The highest BCUT2D eigenvalue weighted by molar-refractivity contribution is 6.09. The summed E-state index contributed by atoms with van der Waals surface area (Å²) in [5.74, 6) is 0.502. The van der Waals surface area contributed by atoms with Crippen molar-refractivity contribution in [1.82, 2.24) is 4.98 Å². The SMILES string of the molecule is Cc1ccnc(-c2cc(C)cc3c2oc2ccc(C(C)C)cc23)c1. The van der Waals surface area contributed by atoms with Crippen LogP contribution in [0, 0.1) is 13.8 Å². The summed E-state index contributed by atoms with van der Waals surface area (Å²) in [6.45, 7) is 8.66. The number of furan rings is 1. The van der Waals surface area contributed by atoms with Gasteiger partial charge in [-0.2, -0.15) is 0 Å². The molecule has 0 spiro atoms. The van der Waals surface area contributed by atoms with Crippen LogP contribution in [0.2, 0.25) is 0 Å². The lowest BCUT2D eigenvalue weighted by Crippen LogP contribution is -1.87. The summed E-state index contributed by atoms with van der Waals surface area (Å²) in [6.07, 6.45) is 1.86. The van der Waals surface area contributed by atoms with Gasteiger partial charge in [0.05, 0.1) is 5.69 Å². The van der Waals surface area contributed by atoms with Crippen LogP contribution in [0.1, 0.15) is 36.5 Å². The van der Waals surface area contributed by atoms with Crippen LogP contribution in [0.5, 0.6) is 0 Å². The molecule has 2 heterocycles. The summed E-state index contributed by atoms with van der Waals surface area (Å²) in [6, 6.07) is 15.0. The molecule has 0 fully saturated rings. The summed E-state index contributed by atoms with van der Waals surface area (Å²) in [7, 11) is 0. The van der Waals surface area contributed by atoms with Crippen LogP contribution in [0.4, 0.5) is 0 Å². The van der Waals surface area contributed by atoms with E-state index in [0.717, 1.165) is 22.4 Å². The number of aromatic nitrogens is 1. The molecule has 0 aliphatic carbocycles. The standard InChI is InChI=1S/C22H21NO/c1-13(2)16-5-6-21-17(12-16)18-9-15(4)10-19(22(18)24-21)20-11-14(3)7-8-23-20/h5-13H,1-4H3. The number of hydrogen-bond donors (Lipinski definition) is 0. The van der Waals surface area contributed by atoms with Gasteiger partial charge in [0.15, 0.2) is 0 Å². The molecule has 0 amide bonds. The Kier molecular flexibility index (Phi) is 3.42. The maximum absolute atomic E-state index is 6.23. The van der Waals surface area contributed by atoms with Gasteiger partial charge >= 0.3 is 0 Å². The molecule has 0 saturated heterocycles. The van der Waals surface area contributed by atoms with E-state index in [-0.39, 0.29) is 0 Å². The van der Waals surface area contributed by atoms with E-state index in [4.69, 9.17) is 4.42 Å². The first-order valence-corrected chi connectivity index (χ1v) is 8.43. The first-order chi connectivity index (χ1) is 11.5. The predicted molar refractivity (Wildman–Crippen MR) is 101 cm³/mol. The summed E-state index contributed by atoms with van der Waals surface area (Å²) < 4.78 is 6.23. The summed E-state index contributed by atoms with van der Waals surface area (Å²) >= 11 is 0. The topological polar surface area (TPSA) is 26.0 Å². The second kappa shape index (κ2) is 5.48. The molecule has 0 atom stereocenters. The van der Waals surface area contributed by atoms with Gasteiger partial charge in [-0.05, 0) is 72.9 Å². The van der Waals surface area contributed by atoms with E-state index in [0.29, 0.717) is 5.92 Å². The van der Waals surface area contributed by atoms with E-state index in [2.05, 4.69) is 69.1 Å². The van der Waals surface area contributed by atoms with Crippen LogP contribution in [-0.4, -0.2) is 4.98 Å². The molecule has 2 nitrogen and oxygen atoms in total. The van der Waals surface area contributed by atoms with E-state index in [1.807, 2.05) is 12.3 Å². The molecule has 2 aromatic carbocycles. The fraction of sp³-hybridized carbons (Fsp3) is 0.227. The Morgan fingerprint density at radius 1 is 0.875 bits per heavy atom. The van der Waals surface area contributed by atoms with Crippen LogP contribution in [-0.2, 0) is 0 Å². The fourth-order valence-corrected chi connectivity index (χ4v) is 3.27. The van der Waals surface area contributed by atoms with Crippen molar-refractivity contribution in [3.8, 4) is 11.3 Å². The lowest BCUT2D eigenvalue weighted by Gasteiger charge is -2.05. The molecule has 0 radical (unpaired) electrons. The molecule has 120 valence electrons. The van der Waals surface area contributed by atoms with E-state index in [1.165, 1.54) is 27.5 Å². The maximum atomic E-state index is 6.23. The monoisotopic (exact) mass is 315 g/mol. The highest BCUT2D eigenvalue weighted by Crippen LogP contribution is 2.37. The van der Waals surface area contributed by atoms with Crippen molar-refractivity contribution in [2.75, 3.05) is 0 Å². The largest absolute Gasteiger partial charge is 0.455 e. The quantitative estimate of drug-likeness (QED) is 0.428. The van der Waals surface area contributed by atoms with Gasteiger partial charge in [-0.3, -0.25) is 4.98 Å². The van der Waals surface area contributed by atoms with Crippen molar-refractivity contribution in [2.24, 2.45) is 0 Å². The van der Waals surface area contributed by atoms with Crippen LogP contribution >= 0.6 is 0 Å². The van der Waals surface area contributed by atoms with Crippen LogP contribution in [0.15, 0.2) is 53.1 Å². The van der Waals surface area contributed by atoms with Crippen LogP contribution in [0.25, 0.3) is 33.2 Å². The molecule has 2 aromatic heterocycles. The van der Waals surface area contributed by atoms with Crippen molar-refractivity contribution in [3.63, 3.8) is 0 Å². The van der Waals surface area contributed by atoms with Crippen LogP contribution in [0.3, 0.4) is 0 Å². The molecular weight excluding hydrogens is 294 g/mol. The van der Waals surface area contributed by atoms with Crippen molar-refractivity contribution < 1.29 is 4.42 Å². The number of hydrogen-bond acceptors (Lipinski definition) is 2. The Bertz CT molecular complexity index is 1060. The number of rotatable bonds is 2. The molecule has 0 N–H and O–H groups in total. The maximum Gasteiger partial charge on any atom is 0.144 e. The lowest BCUT2D eigenvalue weighted by atomic mass is 9.98. The molecule has 4 aromatic rings. The second-order valence-electron chi connectivity index (χ2n) is 6.92. The van der Waals surface area contributed by atoms with Gasteiger partial charge in [-0.15, -0.1) is 0 Å². The second-order valence-corrected chi connectivity index (χ2v) is 6.92. The average Bonchev–Trinajstić information content (AvgIpc) is 2.91. The van der Waals surface area contributed by atoms with E-state index < -0.39 is 0 Å². The van der Waals surface area contributed by atoms with Crippen molar-refractivity contribution in [3.05, 3.63) is 65.4 Å². The lowest BCUT2D eigenvalue weighted by molar-refractivity contribution is 0.669. The molecule has 24 heavy (non-hydrogen) atoms. The van der Waals surface area contributed by atoms with Crippen molar-refractivity contribution >= 4 is 21.9 Å². The summed E-state index contributed by atoms with van der Waals surface area (Å²) in [5, 5.41) is 2.36. The van der Waals surface area contributed by atoms with Crippen molar-refractivity contribution in [1.29, 1.82) is 0 Å².